The number of fused-ring (bicyclic) bond motifs is 2. The second-order valence-electron chi connectivity index (χ2n) is 10.8. The van der Waals surface area contributed by atoms with E-state index in [9.17, 15) is 24.3 Å². The van der Waals surface area contributed by atoms with E-state index in [0.717, 1.165) is 0 Å². The van der Waals surface area contributed by atoms with Gasteiger partial charge < -0.3 is 19.3 Å². The third kappa shape index (κ3) is 5.88. The summed E-state index contributed by atoms with van der Waals surface area (Å²) < 4.78 is 18.0. The summed E-state index contributed by atoms with van der Waals surface area (Å²) in [7, 11) is 1.23. The van der Waals surface area contributed by atoms with Crippen molar-refractivity contribution in [3.63, 3.8) is 0 Å². The summed E-state index contributed by atoms with van der Waals surface area (Å²) in [5.74, 6) is -3.32. The molecule has 0 radical (unpaired) electrons. The van der Waals surface area contributed by atoms with E-state index in [4.69, 9.17) is 43.2 Å². The second kappa shape index (κ2) is 12.2. The fraction of sp³-hybridized carbons (Fsp3) is 0.226. The number of rotatable bonds is 4. The van der Waals surface area contributed by atoms with Crippen LogP contribution in [0.1, 0.15) is 57.3 Å². The van der Waals surface area contributed by atoms with Crippen molar-refractivity contribution in [3.05, 3.63) is 93.0 Å². The molecule has 2 aliphatic heterocycles. The van der Waals surface area contributed by atoms with Crippen molar-refractivity contribution in [2.45, 2.75) is 37.9 Å². The summed E-state index contributed by atoms with van der Waals surface area (Å²) in [5, 5.41) is 27.5. The Morgan fingerprint density at radius 1 is 0.851 bits per heavy atom. The van der Waals surface area contributed by atoms with Crippen LogP contribution in [0.2, 0.25) is 10.0 Å². The van der Waals surface area contributed by atoms with Gasteiger partial charge in [0.15, 0.2) is 11.4 Å². The van der Waals surface area contributed by atoms with Gasteiger partial charge in [0.25, 0.3) is 0 Å². The predicted molar refractivity (Wildman–Crippen MR) is 161 cm³/mol. The van der Waals surface area contributed by atoms with Crippen LogP contribution in [0.3, 0.4) is 0 Å². The Hall–Kier alpha value is -5.70. The molecule has 0 saturated carbocycles. The van der Waals surface area contributed by atoms with Gasteiger partial charge in [-0.1, -0.05) is 23.2 Å². The van der Waals surface area contributed by atoms with Gasteiger partial charge in [-0.3, -0.25) is 9.13 Å². The van der Waals surface area contributed by atoms with Crippen molar-refractivity contribution >= 4 is 47.1 Å². The number of esters is 3. The molecule has 4 heterocycles. The Morgan fingerprint density at radius 3 is 1.66 bits per heavy atom. The third-order valence-electron chi connectivity index (χ3n) is 7.49. The SMILES string of the molecule is CC1(C(=O)O)Cc2ncn(-c3ccc(C#N)c(Cl)c3)c2C(=O)O1.COC(=O)C1(C)Cc2ncn(-c3ccc(C#N)c(Cl)c3)c2C(=O)O1. The molecule has 16 heteroatoms. The Morgan fingerprint density at radius 2 is 1.28 bits per heavy atom. The molecule has 0 aliphatic carbocycles. The van der Waals surface area contributed by atoms with Gasteiger partial charge in [-0.25, -0.2) is 29.1 Å². The number of imidazole rings is 2. The molecule has 2 aromatic heterocycles. The first-order chi connectivity index (χ1) is 22.2. The Kier molecular flexibility index (Phi) is 8.51. The lowest BCUT2D eigenvalue weighted by Gasteiger charge is -2.30. The van der Waals surface area contributed by atoms with E-state index in [-0.39, 0.29) is 34.3 Å². The molecule has 238 valence electrons. The maximum absolute atomic E-state index is 12.4. The first-order valence-corrected chi connectivity index (χ1v) is 14.3. The van der Waals surface area contributed by atoms with Crippen LogP contribution in [0.15, 0.2) is 49.1 Å². The smallest absolute Gasteiger partial charge is 0.358 e. The molecule has 0 fully saturated rings. The highest BCUT2D eigenvalue weighted by atomic mass is 35.5. The van der Waals surface area contributed by atoms with E-state index in [1.165, 1.54) is 54.9 Å². The minimum absolute atomic E-state index is 0.0274. The molecule has 2 atom stereocenters. The van der Waals surface area contributed by atoms with Crippen LogP contribution in [0.4, 0.5) is 0 Å². The lowest BCUT2D eigenvalue weighted by molar-refractivity contribution is -0.162. The molecule has 1 N–H and O–H groups in total. The number of benzene rings is 2. The highest BCUT2D eigenvalue weighted by molar-refractivity contribution is 6.32. The molecule has 0 spiro atoms. The molecule has 0 amide bonds. The van der Waals surface area contributed by atoms with E-state index in [1.54, 1.807) is 24.3 Å². The van der Waals surface area contributed by atoms with Crippen LogP contribution in [0, 0.1) is 22.7 Å². The summed E-state index contributed by atoms with van der Waals surface area (Å²) in [6, 6.07) is 13.3. The van der Waals surface area contributed by atoms with Gasteiger partial charge in [0.2, 0.25) is 11.2 Å². The summed E-state index contributed by atoms with van der Waals surface area (Å²) >= 11 is 12.0. The molecule has 2 unspecified atom stereocenters. The first kappa shape index (κ1) is 32.7. The Labute approximate surface area is 276 Å². The largest absolute Gasteiger partial charge is 0.478 e. The Balaban J connectivity index is 0.000000185. The van der Waals surface area contributed by atoms with Crippen molar-refractivity contribution in [1.82, 2.24) is 19.1 Å². The van der Waals surface area contributed by atoms with Crippen LogP contribution in [0.25, 0.3) is 11.4 Å². The fourth-order valence-electron chi connectivity index (χ4n) is 5.01. The number of ether oxygens (including phenoxy) is 3. The number of hydrogen-bond donors (Lipinski definition) is 1. The van der Waals surface area contributed by atoms with Gasteiger partial charge in [-0.15, -0.1) is 0 Å². The maximum Gasteiger partial charge on any atom is 0.358 e. The van der Waals surface area contributed by atoms with Gasteiger partial charge >= 0.3 is 23.9 Å². The number of aliphatic carboxylic acids is 1. The fourth-order valence-corrected chi connectivity index (χ4v) is 5.44. The number of methoxy groups -OCH3 is 1. The first-order valence-electron chi connectivity index (χ1n) is 13.6. The van der Waals surface area contributed by atoms with Crippen molar-refractivity contribution in [1.29, 1.82) is 10.5 Å². The zero-order valence-corrected chi connectivity index (χ0v) is 26.3. The number of cyclic esters (lactones) is 2. The van der Waals surface area contributed by atoms with Crippen molar-refractivity contribution < 1.29 is 38.5 Å². The number of carboxylic acid groups (broad SMARTS) is 1. The number of carbonyl (C=O) groups is 4. The van der Waals surface area contributed by atoms with E-state index in [1.807, 2.05) is 12.1 Å². The Bertz CT molecular complexity index is 2080. The lowest BCUT2D eigenvalue weighted by atomic mass is 9.96. The van der Waals surface area contributed by atoms with Gasteiger partial charge in [-0.05, 0) is 50.2 Å². The van der Waals surface area contributed by atoms with Crippen LogP contribution in [-0.4, -0.2) is 66.4 Å². The van der Waals surface area contributed by atoms with E-state index in [0.29, 0.717) is 33.9 Å². The highest BCUT2D eigenvalue weighted by Gasteiger charge is 2.47. The number of aromatic nitrogens is 4. The maximum atomic E-state index is 12.4. The highest BCUT2D eigenvalue weighted by Crippen LogP contribution is 2.32. The number of carboxylic acids is 1. The standard InChI is InChI=1S/C16H12ClN3O4.C15H10ClN3O4/c1-16(15(22)23-2)6-12-13(14(21)24-16)20(8-19-12)10-4-3-9(7-18)11(17)5-10;1-15(14(21)22)5-11-12(13(20)23-15)19(7-18-11)9-3-2-8(6-17)10(16)4-9/h3-5,8H,6H2,1-2H3;2-4,7H,5H2,1H3,(H,21,22). The summed E-state index contributed by atoms with van der Waals surface area (Å²) in [6.07, 6.45) is 2.93. The molecular formula is C31H22Cl2N6O8. The number of carbonyl (C=O) groups excluding carboxylic acids is 3. The minimum atomic E-state index is -1.63. The number of halogens is 2. The van der Waals surface area contributed by atoms with Crippen LogP contribution < -0.4 is 0 Å². The van der Waals surface area contributed by atoms with Crippen LogP contribution >= 0.6 is 23.2 Å². The molecule has 14 nitrogen and oxygen atoms in total. The molecule has 6 rings (SSSR count). The van der Waals surface area contributed by atoms with Gasteiger partial charge in [0.05, 0.1) is 39.7 Å². The topological polar surface area (TPSA) is 199 Å². The van der Waals surface area contributed by atoms with Crippen LogP contribution in [-0.2, 0) is 36.6 Å². The quantitative estimate of drug-likeness (QED) is 0.241. The van der Waals surface area contributed by atoms with E-state index < -0.39 is 35.1 Å². The number of hydrogen-bond acceptors (Lipinski definition) is 11. The average molecular weight is 677 g/mol. The van der Waals surface area contributed by atoms with Gasteiger partial charge in [0.1, 0.15) is 24.8 Å². The number of nitriles is 2. The van der Waals surface area contributed by atoms with E-state index >= 15 is 0 Å². The summed E-state index contributed by atoms with van der Waals surface area (Å²) in [4.78, 5) is 56.1. The molecule has 4 aromatic rings. The predicted octanol–water partition coefficient (Wildman–Crippen LogP) is 4.00. The average Bonchev–Trinajstić information content (AvgIpc) is 3.65. The number of nitrogens with zero attached hydrogens (tertiary/aromatic N) is 6. The van der Waals surface area contributed by atoms with E-state index in [2.05, 4.69) is 14.7 Å². The summed E-state index contributed by atoms with van der Waals surface area (Å²) in [5.41, 5.74) is -0.162. The monoisotopic (exact) mass is 676 g/mol. The molecule has 0 bridgehead atoms. The molecule has 0 saturated heterocycles. The van der Waals surface area contributed by atoms with Gasteiger partial charge in [-0.2, -0.15) is 10.5 Å². The van der Waals surface area contributed by atoms with Crippen molar-refractivity contribution in [2.75, 3.05) is 7.11 Å². The van der Waals surface area contributed by atoms with Crippen molar-refractivity contribution in [3.8, 4) is 23.5 Å². The zero-order chi connectivity index (χ0) is 34.3. The van der Waals surface area contributed by atoms with Crippen molar-refractivity contribution in [2.24, 2.45) is 0 Å². The molecule has 2 aromatic carbocycles. The lowest BCUT2D eigenvalue weighted by Crippen LogP contribution is -2.47. The zero-order valence-electron chi connectivity index (χ0n) is 24.8. The molecular weight excluding hydrogens is 655 g/mol. The van der Waals surface area contributed by atoms with Crippen LogP contribution in [0.5, 0.6) is 0 Å². The molecule has 2 aliphatic rings. The molecule has 47 heavy (non-hydrogen) atoms. The normalized spacial score (nSPS) is 19.4. The van der Waals surface area contributed by atoms with Gasteiger partial charge in [0, 0.05) is 24.2 Å². The third-order valence-corrected chi connectivity index (χ3v) is 8.12. The second-order valence-corrected chi connectivity index (χ2v) is 11.6. The summed E-state index contributed by atoms with van der Waals surface area (Å²) in [6.45, 7) is 2.81. The minimum Gasteiger partial charge on any atom is -0.478 e.